The zero-order valence-corrected chi connectivity index (χ0v) is 13.2. The van der Waals surface area contributed by atoms with Crippen molar-refractivity contribution in [2.45, 2.75) is 26.6 Å². The molecular weight excluding hydrogens is 293 g/mol. The van der Waals surface area contributed by atoms with Gasteiger partial charge in [-0.15, -0.1) is 0 Å². The molecule has 0 spiro atoms. The van der Waals surface area contributed by atoms with E-state index in [-0.39, 0.29) is 19.0 Å². The summed E-state index contributed by atoms with van der Waals surface area (Å²) in [5, 5.41) is 15.7. The molecule has 0 aliphatic heterocycles. The van der Waals surface area contributed by atoms with Crippen LogP contribution in [0.15, 0.2) is 53.5 Å². The molecule has 0 aromatic heterocycles. The Labute approximate surface area is 136 Å². The van der Waals surface area contributed by atoms with Crippen LogP contribution in [0.3, 0.4) is 0 Å². The number of aliphatic hydroxyl groups excluding tert-OH is 1. The molecule has 0 fully saturated rings. The first-order valence-corrected chi connectivity index (χ1v) is 7.67. The minimum atomic E-state index is -0.252. The highest BCUT2D eigenvalue weighted by atomic mass is 19.1. The smallest absolute Gasteiger partial charge is 0.191 e. The minimum absolute atomic E-state index is 0.000756. The summed E-state index contributed by atoms with van der Waals surface area (Å²) >= 11 is 0. The standard InChI is InChI=1S/C18H22FN3O/c1-2-20-18(22-12-15-8-5-6-10-17(15)19)21-11-14-7-3-4-9-16(14)13-23/h3-10,23H,2,11-13H2,1H3,(H2,20,21,22). The van der Waals surface area contributed by atoms with E-state index < -0.39 is 0 Å². The fourth-order valence-electron chi connectivity index (χ4n) is 2.20. The van der Waals surface area contributed by atoms with Gasteiger partial charge in [0.05, 0.1) is 13.2 Å². The molecule has 0 aliphatic rings. The van der Waals surface area contributed by atoms with Gasteiger partial charge in [0.15, 0.2) is 5.96 Å². The van der Waals surface area contributed by atoms with E-state index in [0.717, 1.165) is 11.1 Å². The minimum Gasteiger partial charge on any atom is -0.392 e. The van der Waals surface area contributed by atoms with Crippen molar-refractivity contribution in [1.82, 2.24) is 10.6 Å². The predicted octanol–water partition coefficient (Wildman–Crippen LogP) is 2.57. The zero-order chi connectivity index (χ0) is 16.5. The molecule has 2 aromatic carbocycles. The second kappa shape index (κ2) is 8.90. The Bertz CT molecular complexity index is 658. The second-order valence-electron chi connectivity index (χ2n) is 5.07. The first-order chi connectivity index (χ1) is 11.2. The van der Waals surface area contributed by atoms with Gasteiger partial charge in [-0.2, -0.15) is 0 Å². The Morgan fingerprint density at radius 2 is 1.65 bits per heavy atom. The third-order valence-corrected chi connectivity index (χ3v) is 3.44. The number of rotatable bonds is 6. The van der Waals surface area contributed by atoms with Crippen molar-refractivity contribution in [3.8, 4) is 0 Å². The van der Waals surface area contributed by atoms with Crippen LogP contribution >= 0.6 is 0 Å². The molecule has 0 heterocycles. The second-order valence-corrected chi connectivity index (χ2v) is 5.07. The SMILES string of the molecule is CCNC(=NCc1ccccc1F)NCc1ccccc1CO. The number of benzene rings is 2. The maximum atomic E-state index is 13.6. The quantitative estimate of drug-likeness (QED) is 0.567. The molecule has 0 unspecified atom stereocenters. The van der Waals surface area contributed by atoms with Gasteiger partial charge in [0.2, 0.25) is 0 Å². The van der Waals surface area contributed by atoms with Crippen LogP contribution in [-0.4, -0.2) is 17.6 Å². The van der Waals surface area contributed by atoms with Crippen LogP contribution < -0.4 is 10.6 Å². The van der Waals surface area contributed by atoms with Gasteiger partial charge in [0.25, 0.3) is 0 Å². The largest absolute Gasteiger partial charge is 0.392 e. The highest BCUT2D eigenvalue weighted by molar-refractivity contribution is 5.79. The third-order valence-electron chi connectivity index (χ3n) is 3.44. The Morgan fingerprint density at radius 1 is 1.00 bits per heavy atom. The number of nitrogens with one attached hydrogen (secondary N) is 2. The molecule has 0 aliphatic carbocycles. The van der Waals surface area contributed by atoms with Crippen molar-refractivity contribution < 1.29 is 9.50 Å². The number of guanidine groups is 1. The van der Waals surface area contributed by atoms with Gasteiger partial charge >= 0.3 is 0 Å². The number of hydrogen-bond acceptors (Lipinski definition) is 2. The first kappa shape index (κ1) is 17.0. The summed E-state index contributed by atoms with van der Waals surface area (Å²) in [7, 11) is 0. The molecule has 0 saturated heterocycles. The third kappa shape index (κ3) is 5.07. The van der Waals surface area contributed by atoms with Crippen molar-refractivity contribution in [2.24, 2.45) is 4.99 Å². The summed E-state index contributed by atoms with van der Waals surface area (Å²) in [5.74, 6) is 0.362. The molecule has 0 saturated carbocycles. The van der Waals surface area contributed by atoms with Crippen LogP contribution in [0, 0.1) is 5.82 Å². The number of hydrogen-bond donors (Lipinski definition) is 3. The summed E-state index contributed by atoms with van der Waals surface area (Å²) in [6, 6.07) is 14.3. The highest BCUT2D eigenvalue weighted by Crippen LogP contribution is 2.09. The molecule has 5 heteroatoms. The lowest BCUT2D eigenvalue weighted by Gasteiger charge is -2.13. The topological polar surface area (TPSA) is 56.7 Å². The van der Waals surface area contributed by atoms with E-state index in [1.807, 2.05) is 31.2 Å². The number of nitrogens with zero attached hydrogens (tertiary/aromatic N) is 1. The van der Waals surface area contributed by atoms with E-state index >= 15 is 0 Å². The molecular formula is C18H22FN3O. The van der Waals surface area contributed by atoms with Crippen LogP contribution in [0.25, 0.3) is 0 Å². The van der Waals surface area contributed by atoms with Crippen molar-refractivity contribution in [3.05, 3.63) is 71.0 Å². The van der Waals surface area contributed by atoms with Gasteiger partial charge in [-0.25, -0.2) is 9.38 Å². The van der Waals surface area contributed by atoms with Gasteiger partial charge < -0.3 is 15.7 Å². The van der Waals surface area contributed by atoms with Crippen LogP contribution in [0.1, 0.15) is 23.6 Å². The Hall–Kier alpha value is -2.40. The molecule has 4 nitrogen and oxygen atoms in total. The highest BCUT2D eigenvalue weighted by Gasteiger charge is 2.04. The van der Waals surface area contributed by atoms with Gasteiger partial charge in [0, 0.05) is 18.7 Å². The Kier molecular flexibility index (Phi) is 6.56. The van der Waals surface area contributed by atoms with Crippen LogP contribution in [0.5, 0.6) is 0 Å². The first-order valence-electron chi connectivity index (χ1n) is 7.67. The monoisotopic (exact) mass is 315 g/mol. The molecule has 0 atom stereocenters. The number of halogens is 1. The van der Waals surface area contributed by atoms with Crippen molar-refractivity contribution in [2.75, 3.05) is 6.54 Å². The summed E-state index contributed by atoms with van der Waals surface area (Å²) < 4.78 is 13.6. The Balaban J connectivity index is 2.03. The van der Waals surface area contributed by atoms with Gasteiger partial charge in [-0.1, -0.05) is 42.5 Å². The molecule has 2 aromatic rings. The van der Waals surface area contributed by atoms with Crippen LogP contribution in [-0.2, 0) is 19.7 Å². The van der Waals surface area contributed by atoms with E-state index in [1.54, 1.807) is 18.2 Å². The molecule has 23 heavy (non-hydrogen) atoms. The summed E-state index contributed by atoms with van der Waals surface area (Å²) in [6.07, 6.45) is 0. The zero-order valence-electron chi connectivity index (χ0n) is 13.2. The van der Waals surface area contributed by atoms with Crippen molar-refractivity contribution in [3.63, 3.8) is 0 Å². The predicted molar refractivity (Wildman–Crippen MR) is 90.4 cm³/mol. The number of aliphatic hydroxyl groups is 1. The van der Waals surface area contributed by atoms with E-state index in [4.69, 9.17) is 0 Å². The summed E-state index contributed by atoms with van der Waals surface area (Å²) in [4.78, 5) is 4.41. The molecule has 0 bridgehead atoms. The van der Waals surface area contributed by atoms with Crippen molar-refractivity contribution >= 4 is 5.96 Å². The molecule has 3 N–H and O–H groups in total. The van der Waals surface area contributed by atoms with Gasteiger partial charge in [-0.05, 0) is 24.1 Å². The van der Waals surface area contributed by atoms with Crippen LogP contribution in [0.2, 0.25) is 0 Å². The average molecular weight is 315 g/mol. The number of aliphatic imine (C=N–C) groups is 1. The van der Waals surface area contributed by atoms with Crippen LogP contribution in [0.4, 0.5) is 4.39 Å². The Morgan fingerprint density at radius 3 is 2.30 bits per heavy atom. The molecule has 0 amide bonds. The van der Waals surface area contributed by atoms with E-state index in [2.05, 4.69) is 15.6 Å². The fraction of sp³-hybridized carbons (Fsp3) is 0.278. The molecule has 122 valence electrons. The van der Waals surface area contributed by atoms with E-state index in [9.17, 15) is 9.50 Å². The summed E-state index contributed by atoms with van der Waals surface area (Å²) in [6.45, 7) is 3.50. The lowest BCUT2D eigenvalue weighted by Crippen LogP contribution is -2.37. The van der Waals surface area contributed by atoms with E-state index in [1.165, 1.54) is 6.07 Å². The lowest BCUT2D eigenvalue weighted by molar-refractivity contribution is 0.280. The molecule has 0 radical (unpaired) electrons. The van der Waals surface area contributed by atoms with Gasteiger partial charge in [0.1, 0.15) is 5.82 Å². The fourth-order valence-corrected chi connectivity index (χ4v) is 2.20. The van der Waals surface area contributed by atoms with Crippen molar-refractivity contribution in [1.29, 1.82) is 0 Å². The summed E-state index contributed by atoms with van der Waals surface area (Å²) in [5.41, 5.74) is 2.44. The molecule has 2 rings (SSSR count). The average Bonchev–Trinajstić information content (AvgIpc) is 2.59. The van der Waals surface area contributed by atoms with E-state index in [0.29, 0.717) is 24.6 Å². The maximum Gasteiger partial charge on any atom is 0.191 e. The normalized spacial score (nSPS) is 11.3. The maximum absolute atomic E-state index is 13.6. The van der Waals surface area contributed by atoms with Gasteiger partial charge in [-0.3, -0.25) is 0 Å². The lowest BCUT2D eigenvalue weighted by atomic mass is 10.1.